The quantitative estimate of drug-likeness (QED) is 0.904. The molecule has 0 spiro atoms. The van der Waals surface area contributed by atoms with Gasteiger partial charge in [-0.2, -0.15) is 0 Å². The highest BCUT2D eigenvalue weighted by molar-refractivity contribution is 9.10. The molecule has 0 aromatic carbocycles. The summed E-state index contributed by atoms with van der Waals surface area (Å²) < 4.78 is 3.42. The Morgan fingerprint density at radius 2 is 2.22 bits per heavy atom. The van der Waals surface area contributed by atoms with Crippen molar-refractivity contribution in [2.75, 3.05) is 19.6 Å². The van der Waals surface area contributed by atoms with E-state index in [4.69, 9.17) is 10.7 Å². The molecule has 2 aliphatic rings. The first-order chi connectivity index (χ1) is 8.69. The van der Waals surface area contributed by atoms with E-state index in [0.29, 0.717) is 12.0 Å². The van der Waals surface area contributed by atoms with E-state index < -0.39 is 0 Å². The summed E-state index contributed by atoms with van der Waals surface area (Å²) in [5.74, 6) is 1.84. The molecule has 2 aliphatic heterocycles. The molecule has 3 rings (SSSR count). The number of likely N-dealkylation sites (N-methyl/N-ethyl adjacent to an activating group) is 1. The van der Waals surface area contributed by atoms with E-state index in [9.17, 15) is 0 Å². The second-order valence-corrected chi connectivity index (χ2v) is 6.25. The van der Waals surface area contributed by atoms with Crippen LogP contribution >= 0.6 is 15.9 Å². The van der Waals surface area contributed by atoms with E-state index in [1.807, 2.05) is 0 Å². The zero-order valence-corrected chi connectivity index (χ0v) is 12.5. The van der Waals surface area contributed by atoms with Gasteiger partial charge in [-0.1, -0.05) is 6.92 Å². The maximum atomic E-state index is 6.11. The van der Waals surface area contributed by atoms with Crippen molar-refractivity contribution < 1.29 is 0 Å². The van der Waals surface area contributed by atoms with Crippen LogP contribution < -0.4 is 5.73 Å². The van der Waals surface area contributed by atoms with Gasteiger partial charge in [0.15, 0.2) is 0 Å². The number of nitrogens with zero attached hydrogens (tertiary/aromatic N) is 3. The number of fused-ring (bicyclic) bond motifs is 1. The number of halogens is 1. The van der Waals surface area contributed by atoms with Gasteiger partial charge in [-0.3, -0.25) is 0 Å². The van der Waals surface area contributed by atoms with Crippen LogP contribution in [-0.2, 0) is 13.0 Å². The first-order valence-corrected chi connectivity index (χ1v) is 7.71. The van der Waals surface area contributed by atoms with Gasteiger partial charge in [-0.05, 0) is 48.3 Å². The fourth-order valence-corrected chi connectivity index (χ4v) is 3.80. The summed E-state index contributed by atoms with van der Waals surface area (Å²) in [6.45, 7) is 6.66. The molecule has 0 aliphatic carbocycles. The van der Waals surface area contributed by atoms with Gasteiger partial charge in [0.25, 0.3) is 0 Å². The Bertz CT molecular complexity index is 442. The molecule has 1 aromatic rings. The van der Waals surface area contributed by atoms with E-state index in [1.54, 1.807) is 0 Å². The van der Waals surface area contributed by atoms with Crippen molar-refractivity contribution in [3.63, 3.8) is 0 Å². The summed E-state index contributed by atoms with van der Waals surface area (Å²) >= 11 is 3.62. The van der Waals surface area contributed by atoms with Gasteiger partial charge in [0.05, 0.1) is 5.69 Å². The predicted octanol–water partition coefficient (Wildman–Crippen LogP) is 1.73. The molecule has 4 nitrogen and oxygen atoms in total. The highest BCUT2D eigenvalue weighted by atomic mass is 79.9. The second-order valence-electron chi connectivity index (χ2n) is 5.50. The molecule has 0 amide bonds. The zero-order valence-electron chi connectivity index (χ0n) is 10.9. The van der Waals surface area contributed by atoms with Crippen LogP contribution in [0.25, 0.3) is 0 Å². The summed E-state index contributed by atoms with van der Waals surface area (Å²) in [4.78, 5) is 7.28. The first kappa shape index (κ1) is 12.6. The maximum Gasteiger partial charge on any atom is 0.127 e. The van der Waals surface area contributed by atoms with Crippen molar-refractivity contribution >= 4 is 15.9 Å². The van der Waals surface area contributed by atoms with Crippen molar-refractivity contribution in [3.05, 3.63) is 16.1 Å². The molecule has 5 heteroatoms. The van der Waals surface area contributed by atoms with Crippen LogP contribution in [-0.4, -0.2) is 40.1 Å². The van der Waals surface area contributed by atoms with Crippen molar-refractivity contribution in [3.8, 4) is 0 Å². The van der Waals surface area contributed by atoms with Crippen LogP contribution in [0.15, 0.2) is 4.60 Å². The second kappa shape index (κ2) is 4.94. The van der Waals surface area contributed by atoms with Crippen molar-refractivity contribution in [1.82, 2.24) is 14.5 Å². The summed E-state index contributed by atoms with van der Waals surface area (Å²) in [6, 6.07) is 0.293. The molecule has 2 N–H and O–H groups in total. The van der Waals surface area contributed by atoms with Crippen LogP contribution in [0.4, 0.5) is 0 Å². The van der Waals surface area contributed by atoms with Gasteiger partial charge in [0.2, 0.25) is 0 Å². The number of hydrogen-bond acceptors (Lipinski definition) is 3. The number of rotatable bonds is 2. The van der Waals surface area contributed by atoms with E-state index in [0.717, 1.165) is 37.1 Å². The molecule has 0 bridgehead atoms. The van der Waals surface area contributed by atoms with E-state index in [-0.39, 0.29) is 0 Å². The molecule has 0 saturated carbocycles. The zero-order chi connectivity index (χ0) is 12.7. The fourth-order valence-electron chi connectivity index (χ4n) is 3.21. The third-order valence-electron chi connectivity index (χ3n) is 4.31. The third kappa shape index (κ3) is 2.12. The van der Waals surface area contributed by atoms with Crippen LogP contribution in [0.2, 0.25) is 0 Å². The van der Waals surface area contributed by atoms with Gasteiger partial charge in [0.1, 0.15) is 10.4 Å². The molecule has 3 heterocycles. The lowest BCUT2D eigenvalue weighted by atomic mass is 10.0. The lowest BCUT2D eigenvalue weighted by molar-refractivity contribution is 0.349. The highest BCUT2D eigenvalue weighted by Gasteiger charge is 2.30. The Morgan fingerprint density at radius 1 is 1.39 bits per heavy atom. The summed E-state index contributed by atoms with van der Waals surface area (Å²) in [6.07, 6.45) is 3.36. The number of likely N-dealkylation sites (tertiary alicyclic amines) is 1. The molecule has 1 fully saturated rings. The lowest BCUT2D eigenvalue weighted by Gasteiger charge is -2.24. The first-order valence-electron chi connectivity index (χ1n) is 6.91. The van der Waals surface area contributed by atoms with Crippen molar-refractivity contribution in [2.45, 2.75) is 44.7 Å². The van der Waals surface area contributed by atoms with Crippen LogP contribution in [0.1, 0.15) is 37.2 Å². The molecule has 2 unspecified atom stereocenters. The van der Waals surface area contributed by atoms with Crippen LogP contribution in [0, 0.1) is 0 Å². The summed E-state index contributed by atoms with van der Waals surface area (Å²) in [5.41, 5.74) is 7.45. The van der Waals surface area contributed by atoms with Gasteiger partial charge < -0.3 is 15.2 Å². The van der Waals surface area contributed by atoms with Crippen molar-refractivity contribution in [2.24, 2.45) is 5.73 Å². The smallest absolute Gasteiger partial charge is 0.127 e. The number of aromatic nitrogens is 2. The summed E-state index contributed by atoms with van der Waals surface area (Å²) in [7, 11) is 0. The minimum absolute atomic E-state index is 0.293. The standard InChI is InChI=1S/C13H21BrN4/c1-2-17-6-5-9(7-17)13-16-12(14)11-4-3-10(15)8-18(11)13/h9-10H,2-8,15H2,1H3. The van der Waals surface area contributed by atoms with Crippen LogP contribution in [0.3, 0.4) is 0 Å². The highest BCUT2D eigenvalue weighted by Crippen LogP contribution is 2.32. The lowest BCUT2D eigenvalue weighted by Crippen LogP contribution is -2.33. The molecule has 100 valence electrons. The van der Waals surface area contributed by atoms with E-state index in [1.165, 1.54) is 24.5 Å². The Morgan fingerprint density at radius 3 is 2.94 bits per heavy atom. The van der Waals surface area contributed by atoms with E-state index in [2.05, 4.69) is 32.3 Å². The Balaban J connectivity index is 1.89. The average Bonchev–Trinajstić information content (AvgIpc) is 2.94. The Labute approximate surface area is 117 Å². The SMILES string of the molecule is CCN1CCC(c2nc(Br)c3n2CC(N)CC3)C1. The predicted molar refractivity (Wildman–Crippen MR) is 75.7 cm³/mol. The Hall–Kier alpha value is -0.390. The largest absolute Gasteiger partial charge is 0.329 e. The topological polar surface area (TPSA) is 47.1 Å². The normalized spacial score (nSPS) is 28.6. The van der Waals surface area contributed by atoms with E-state index >= 15 is 0 Å². The molecular formula is C13H21BrN4. The number of hydrogen-bond donors (Lipinski definition) is 1. The molecule has 0 radical (unpaired) electrons. The number of nitrogens with two attached hydrogens (primary N) is 1. The van der Waals surface area contributed by atoms with Gasteiger partial charge >= 0.3 is 0 Å². The molecule has 1 aromatic heterocycles. The number of imidazole rings is 1. The molecule has 1 saturated heterocycles. The minimum Gasteiger partial charge on any atom is -0.329 e. The molecular weight excluding hydrogens is 292 g/mol. The molecule has 18 heavy (non-hydrogen) atoms. The minimum atomic E-state index is 0.293. The van der Waals surface area contributed by atoms with Gasteiger partial charge in [-0.25, -0.2) is 4.98 Å². The fraction of sp³-hybridized carbons (Fsp3) is 0.769. The van der Waals surface area contributed by atoms with Crippen molar-refractivity contribution in [1.29, 1.82) is 0 Å². The van der Waals surface area contributed by atoms with Gasteiger partial charge in [0, 0.05) is 25.0 Å². The molecule has 2 atom stereocenters. The third-order valence-corrected chi connectivity index (χ3v) is 4.94. The summed E-state index contributed by atoms with van der Waals surface area (Å²) in [5, 5.41) is 0. The van der Waals surface area contributed by atoms with Gasteiger partial charge in [-0.15, -0.1) is 0 Å². The van der Waals surface area contributed by atoms with Crippen LogP contribution in [0.5, 0.6) is 0 Å². The average molecular weight is 313 g/mol. The maximum absolute atomic E-state index is 6.11. The monoisotopic (exact) mass is 312 g/mol. The Kier molecular flexibility index (Phi) is 3.47.